The van der Waals surface area contributed by atoms with E-state index in [0.717, 1.165) is 12.0 Å². The van der Waals surface area contributed by atoms with Crippen LogP contribution < -0.4 is 5.73 Å². The minimum atomic E-state index is 0.0122. The van der Waals surface area contributed by atoms with Gasteiger partial charge in [0.15, 0.2) is 0 Å². The van der Waals surface area contributed by atoms with E-state index < -0.39 is 0 Å². The molecule has 0 fully saturated rings. The van der Waals surface area contributed by atoms with Crippen molar-refractivity contribution < 1.29 is 5.11 Å². The van der Waals surface area contributed by atoms with Gasteiger partial charge in [0.2, 0.25) is 0 Å². The number of halogens is 2. The Hall–Kier alpha value is -0.0600. The zero-order valence-electron chi connectivity index (χ0n) is 8.80. The van der Waals surface area contributed by atoms with Gasteiger partial charge in [0.05, 0.1) is 8.95 Å². The lowest BCUT2D eigenvalue weighted by Gasteiger charge is -2.15. The Morgan fingerprint density at radius 1 is 1.27 bits per heavy atom. The van der Waals surface area contributed by atoms with Crippen LogP contribution in [0.1, 0.15) is 31.9 Å². The van der Waals surface area contributed by atoms with E-state index in [1.807, 2.05) is 12.1 Å². The number of rotatable bonds is 3. The molecule has 0 aliphatic rings. The third-order valence-electron chi connectivity index (χ3n) is 2.19. The summed E-state index contributed by atoms with van der Waals surface area (Å²) >= 11 is 6.59. The van der Waals surface area contributed by atoms with Crippen molar-refractivity contribution in [3.8, 4) is 5.75 Å². The molecule has 1 aromatic rings. The number of phenols is 1. The van der Waals surface area contributed by atoms with Crippen LogP contribution in [0.4, 0.5) is 0 Å². The first-order valence-electron chi connectivity index (χ1n) is 4.85. The van der Waals surface area contributed by atoms with Crippen molar-refractivity contribution in [1.82, 2.24) is 0 Å². The second-order valence-corrected chi connectivity index (χ2v) is 5.78. The maximum Gasteiger partial charge on any atom is 0.143 e. The molecule has 0 spiro atoms. The molecule has 0 aliphatic carbocycles. The molecule has 0 unspecified atom stereocenters. The average Bonchev–Trinajstić information content (AvgIpc) is 2.12. The predicted octanol–water partition coefficient (Wildman–Crippen LogP) is 3.96. The highest BCUT2D eigenvalue weighted by molar-refractivity contribution is 9.11. The number of hydrogen-bond acceptors (Lipinski definition) is 2. The van der Waals surface area contributed by atoms with Gasteiger partial charge in [0, 0.05) is 6.04 Å². The molecule has 0 amide bonds. The van der Waals surface area contributed by atoms with Gasteiger partial charge < -0.3 is 10.8 Å². The van der Waals surface area contributed by atoms with Crippen molar-refractivity contribution in [1.29, 1.82) is 0 Å². The van der Waals surface area contributed by atoms with Gasteiger partial charge in [-0.15, -0.1) is 0 Å². The Labute approximate surface area is 107 Å². The molecule has 4 heteroatoms. The standard InChI is InChI=1S/C11H15Br2NO/c1-6(2)3-10(14)7-4-8(12)11(15)9(13)5-7/h4-6,10,15H,3,14H2,1-2H3/t10-/m1/s1. The molecule has 84 valence electrons. The lowest BCUT2D eigenvalue weighted by molar-refractivity contribution is 0.466. The number of phenolic OH excluding ortho intramolecular Hbond substituents is 1. The topological polar surface area (TPSA) is 46.2 Å². The van der Waals surface area contributed by atoms with E-state index >= 15 is 0 Å². The van der Waals surface area contributed by atoms with Gasteiger partial charge in [-0.2, -0.15) is 0 Å². The average molecular weight is 337 g/mol. The summed E-state index contributed by atoms with van der Waals surface area (Å²) in [6, 6.07) is 3.75. The summed E-state index contributed by atoms with van der Waals surface area (Å²) < 4.78 is 1.34. The van der Waals surface area contributed by atoms with Gasteiger partial charge in [-0.25, -0.2) is 0 Å². The van der Waals surface area contributed by atoms with Crippen LogP contribution in [0.3, 0.4) is 0 Å². The van der Waals surface area contributed by atoms with E-state index in [2.05, 4.69) is 45.7 Å². The number of benzene rings is 1. The zero-order valence-corrected chi connectivity index (χ0v) is 12.0. The summed E-state index contributed by atoms with van der Waals surface area (Å²) in [7, 11) is 0. The van der Waals surface area contributed by atoms with Crippen molar-refractivity contribution >= 4 is 31.9 Å². The second-order valence-electron chi connectivity index (χ2n) is 4.07. The highest BCUT2D eigenvalue weighted by atomic mass is 79.9. The first kappa shape index (κ1) is 13.0. The van der Waals surface area contributed by atoms with Crippen LogP contribution in [0, 0.1) is 5.92 Å². The Morgan fingerprint density at radius 2 is 1.73 bits per heavy atom. The van der Waals surface area contributed by atoms with Crippen LogP contribution >= 0.6 is 31.9 Å². The van der Waals surface area contributed by atoms with Crippen LogP contribution in [-0.2, 0) is 0 Å². The molecule has 2 nitrogen and oxygen atoms in total. The van der Waals surface area contributed by atoms with E-state index in [0.29, 0.717) is 14.9 Å². The SMILES string of the molecule is CC(C)C[C@@H](N)c1cc(Br)c(O)c(Br)c1. The molecule has 1 atom stereocenters. The minimum Gasteiger partial charge on any atom is -0.506 e. The fourth-order valence-corrected chi connectivity index (χ4v) is 2.67. The number of aromatic hydroxyl groups is 1. The molecule has 0 saturated carbocycles. The van der Waals surface area contributed by atoms with Gasteiger partial charge in [-0.05, 0) is 61.9 Å². The molecule has 0 aromatic heterocycles. The number of nitrogens with two attached hydrogens (primary N) is 1. The van der Waals surface area contributed by atoms with Crippen molar-refractivity contribution in [3.05, 3.63) is 26.6 Å². The van der Waals surface area contributed by atoms with Crippen molar-refractivity contribution in [2.75, 3.05) is 0 Å². The number of hydrogen-bond donors (Lipinski definition) is 2. The summed E-state index contributed by atoms with van der Waals surface area (Å²) in [6.45, 7) is 4.29. The Morgan fingerprint density at radius 3 is 2.13 bits per heavy atom. The third kappa shape index (κ3) is 3.47. The van der Waals surface area contributed by atoms with Gasteiger partial charge in [0.1, 0.15) is 5.75 Å². The maximum atomic E-state index is 9.56. The van der Waals surface area contributed by atoms with Crippen LogP contribution in [-0.4, -0.2) is 5.11 Å². The fraction of sp³-hybridized carbons (Fsp3) is 0.455. The second kappa shape index (κ2) is 5.32. The molecular formula is C11H15Br2NO. The van der Waals surface area contributed by atoms with Crippen LogP contribution in [0.2, 0.25) is 0 Å². The molecule has 0 aliphatic heterocycles. The van der Waals surface area contributed by atoms with Crippen molar-refractivity contribution in [3.63, 3.8) is 0 Å². The van der Waals surface area contributed by atoms with Gasteiger partial charge in [-0.3, -0.25) is 0 Å². The summed E-state index contributed by atoms with van der Waals surface area (Å²) in [5.41, 5.74) is 7.09. The minimum absolute atomic E-state index is 0.0122. The normalized spacial score (nSPS) is 13.2. The molecule has 0 bridgehead atoms. The Balaban J connectivity index is 2.95. The molecule has 0 saturated heterocycles. The molecule has 0 radical (unpaired) electrons. The lowest BCUT2D eigenvalue weighted by atomic mass is 9.98. The molecule has 3 N–H and O–H groups in total. The van der Waals surface area contributed by atoms with E-state index in [-0.39, 0.29) is 11.8 Å². The van der Waals surface area contributed by atoms with Crippen molar-refractivity contribution in [2.45, 2.75) is 26.3 Å². The van der Waals surface area contributed by atoms with E-state index in [1.165, 1.54) is 0 Å². The lowest BCUT2D eigenvalue weighted by Crippen LogP contribution is -2.12. The van der Waals surface area contributed by atoms with Gasteiger partial charge in [0.25, 0.3) is 0 Å². The third-order valence-corrected chi connectivity index (χ3v) is 3.40. The Bertz CT molecular complexity index is 329. The van der Waals surface area contributed by atoms with Crippen LogP contribution in [0.25, 0.3) is 0 Å². The summed E-state index contributed by atoms with van der Waals surface area (Å²) in [5, 5.41) is 9.56. The first-order chi connectivity index (χ1) is 6.91. The predicted molar refractivity (Wildman–Crippen MR) is 69.9 cm³/mol. The zero-order chi connectivity index (χ0) is 11.6. The highest BCUT2D eigenvalue weighted by Gasteiger charge is 2.12. The summed E-state index contributed by atoms with van der Waals surface area (Å²) in [5.74, 6) is 0.779. The largest absolute Gasteiger partial charge is 0.506 e. The smallest absolute Gasteiger partial charge is 0.143 e. The van der Waals surface area contributed by atoms with E-state index in [9.17, 15) is 5.11 Å². The molecule has 15 heavy (non-hydrogen) atoms. The first-order valence-corrected chi connectivity index (χ1v) is 6.44. The van der Waals surface area contributed by atoms with Crippen molar-refractivity contribution in [2.24, 2.45) is 11.7 Å². The summed E-state index contributed by atoms with van der Waals surface area (Å²) in [6.07, 6.45) is 0.934. The Kier molecular flexibility index (Phi) is 4.62. The van der Waals surface area contributed by atoms with Crippen LogP contribution in [0.15, 0.2) is 21.1 Å². The van der Waals surface area contributed by atoms with E-state index in [1.54, 1.807) is 0 Å². The summed E-state index contributed by atoms with van der Waals surface area (Å²) in [4.78, 5) is 0. The van der Waals surface area contributed by atoms with Gasteiger partial charge >= 0.3 is 0 Å². The fourth-order valence-electron chi connectivity index (χ4n) is 1.44. The molecule has 1 aromatic carbocycles. The monoisotopic (exact) mass is 335 g/mol. The van der Waals surface area contributed by atoms with Crippen LogP contribution in [0.5, 0.6) is 5.75 Å². The molecule has 0 heterocycles. The molecular weight excluding hydrogens is 322 g/mol. The van der Waals surface area contributed by atoms with E-state index in [4.69, 9.17) is 5.73 Å². The quantitative estimate of drug-likeness (QED) is 0.877. The highest BCUT2D eigenvalue weighted by Crippen LogP contribution is 2.35. The van der Waals surface area contributed by atoms with Gasteiger partial charge in [-0.1, -0.05) is 13.8 Å². The maximum absolute atomic E-state index is 9.56. The molecule has 1 rings (SSSR count).